The zero-order valence-corrected chi connectivity index (χ0v) is 9.64. The molecule has 1 aliphatic heterocycles. The van der Waals surface area contributed by atoms with Crippen LogP contribution < -0.4 is 5.32 Å². The molecule has 3 aliphatic rings. The Kier molecular flexibility index (Phi) is 2.18. The first-order valence-electron chi connectivity index (χ1n) is 5.90. The molecule has 0 radical (unpaired) electrons. The number of ether oxygens (including phenoxy) is 2. The fraction of sp³-hybridized carbons (Fsp3) is 0.667. The Morgan fingerprint density at radius 3 is 2.76 bits per heavy atom. The molecule has 3 rings (SSSR count). The molecule has 3 fully saturated rings. The van der Waals surface area contributed by atoms with Gasteiger partial charge in [-0.15, -0.1) is 0 Å². The van der Waals surface area contributed by atoms with Crippen LogP contribution in [0, 0.1) is 11.8 Å². The predicted octanol–water partition coefficient (Wildman–Crippen LogP) is 0.991. The van der Waals surface area contributed by atoms with E-state index in [1.165, 1.54) is 0 Å². The van der Waals surface area contributed by atoms with E-state index in [0.717, 1.165) is 12.8 Å². The number of carbonyl (C=O) groups excluding carboxylic acids is 2. The molecule has 2 bridgehead atoms. The van der Waals surface area contributed by atoms with E-state index >= 15 is 0 Å². The SMILES string of the molecule is C=C(C)C(=O)NC1CC2CC1C1OC(=O)OC21. The Balaban J connectivity index is 1.70. The van der Waals surface area contributed by atoms with Crippen molar-refractivity contribution in [1.29, 1.82) is 0 Å². The average molecular weight is 237 g/mol. The van der Waals surface area contributed by atoms with Crippen molar-refractivity contribution < 1.29 is 19.1 Å². The molecule has 5 nitrogen and oxygen atoms in total. The normalized spacial score (nSPS) is 41.7. The second-order valence-corrected chi connectivity index (χ2v) is 5.17. The van der Waals surface area contributed by atoms with Gasteiger partial charge in [0.2, 0.25) is 5.91 Å². The lowest BCUT2D eigenvalue weighted by Gasteiger charge is -2.28. The van der Waals surface area contributed by atoms with Crippen molar-refractivity contribution in [2.75, 3.05) is 0 Å². The third-order valence-electron chi connectivity index (χ3n) is 4.03. The van der Waals surface area contributed by atoms with Gasteiger partial charge in [-0.3, -0.25) is 4.79 Å². The van der Waals surface area contributed by atoms with Gasteiger partial charge in [0.15, 0.2) is 0 Å². The largest absolute Gasteiger partial charge is 0.509 e. The Labute approximate surface area is 99.1 Å². The van der Waals surface area contributed by atoms with Crippen LogP contribution in [0.2, 0.25) is 0 Å². The first-order chi connectivity index (χ1) is 8.06. The van der Waals surface area contributed by atoms with Crippen LogP contribution in [0.1, 0.15) is 19.8 Å². The number of nitrogens with one attached hydrogen (secondary N) is 1. The van der Waals surface area contributed by atoms with Gasteiger partial charge in [-0.25, -0.2) is 4.79 Å². The summed E-state index contributed by atoms with van der Waals surface area (Å²) in [5, 5.41) is 2.95. The van der Waals surface area contributed by atoms with E-state index in [9.17, 15) is 9.59 Å². The Morgan fingerprint density at radius 1 is 1.35 bits per heavy atom. The number of carbonyl (C=O) groups is 2. The van der Waals surface area contributed by atoms with Crippen molar-refractivity contribution >= 4 is 12.1 Å². The topological polar surface area (TPSA) is 64.6 Å². The van der Waals surface area contributed by atoms with E-state index in [1.807, 2.05) is 0 Å². The van der Waals surface area contributed by atoms with Gasteiger partial charge in [-0.05, 0) is 19.8 Å². The number of amides is 1. The third kappa shape index (κ3) is 1.52. The molecule has 1 saturated heterocycles. The monoisotopic (exact) mass is 237 g/mol. The van der Waals surface area contributed by atoms with Crippen LogP contribution in [-0.4, -0.2) is 30.3 Å². The smallest absolute Gasteiger partial charge is 0.427 e. The number of hydrogen-bond donors (Lipinski definition) is 1. The van der Waals surface area contributed by atoms with Crippen molar-refractivity contribution in [2.45, 2.75) is 38.0 Å². The Morgan fingerprint density at radius 2 is 2.06 bits per heavy atom. The third-order valence-corrected chi connectivity index (χ3v) is 4.03. The van der Waals surface area contributed by atoms with E-state index in [4.69, 9.17) is 9.47 Å². The molecular formula is C12H15NO4. The minimum Gasteiger partial charge on any atom is -0.427 e. The summed E-state index contributed by atoms with van der Waals surface area (Å²) in [7, 11) is 0. The zero-order valence-electron chi connectivity index (χ0n) is 9.64. The summed E-state index contributed by atoms with van der Waals surface area (Å²) >= 11 is 0. The summed E-state index contributed by atoms with van der Waals surface area (Å²) in [6, 6.07) is 0.0833. The van der Waals surface area contributed by atoms with E-state index in [2.05, 4.69) is 11.9 Å². The maximum atomic E-state index is 11.6. The highest BCUT2D eigenvalue weighted by Crippen LogP contribution is 2.50. The molecule has 1 heterocycles. The van der Waals surface area contributed by atoms with Crippen molar-refractivity contribution in [3.63, 3.8) is 0 Å². The highest BCUT2D eigenvalue weighted by Gasteiger charge is 2.60. The standard InChI is InChI=1S/C12H15NO4/c1-5(2)11(14)13-8-4-6-3-7(8)10-9(6)16-12(15)17-10/h6-10H,1,3-4H2,2H3,(H,13,14). The average Bonchev–Trinajstić information content (AvgIpc) is 2.87. The fourth-order valence-corrected chi connectivity index (χ4v) is 3.28. The lowest BCUT2D eigenvalue weighted by atomic mass is 9.90. The molecule has 5 atom stereocenters. The van der Waals surface area contributed by atoms with Crippen LogP contribution in [0.25, 0.3) is 0 Å². The van der Waals surface area contributed by atoms with Gasteiger partial charge in [0.25, 0.3) is 0 Å². The van der Waals surface area contributed by atoms with Gasteiger partial charge in [-0.2, -0.15) is 0 Å². The quantitative estimate of drug-likeness (QED) is 0.574. The number of hydrogen-bond acceptors (Lipinski definition) is 4. The second-order valence-electron chi connectivity index (χ2n) is 5.17. The van der Waals surface area contributed by atoms with Gasteiger partial charge in [0.05, 0.1) is 0 Å². The summed E-state index contributed by atoms with van der Waals surface area (Å²) in [6.07, 6.45) is 0.995. The highest BCUT2D eigenvalue weighted by molar-refractivity contribution is 5.92. The molecule has 17 heavy (non-hydrogen) atoms. The molecule has 0 aromatic carbocycles. The number of rotatable bonds is 2. The summed E-state index contributed by atoms with van der Waals surface area (Å²) in [5.74, 6) is 0.399. The molecule has 0 aromatic heterocycles. The maximum Gasteiger partial charge on any atom is 0.509 e. The molecule has 0 aromatic rings. The van der Waals surface area contributed by atoms with Gasteiger partial charge in [0, 0.05) is 23.5 Å². The minimum atomic E-state index is -0.568. The van der Waals surface area contributed by atoms with E-state index < -0.39 is 6.16 Å². The summed E-state index contributed by atoms with van der Waals surface area (Å²) in [5.41, 5.74) is 0.504. The van der Waals surface area contributed by atoms with Gasteiger partial charge in [0.1, 0.15) is 12.2 Å². The van der Waals surface area contributed by atoms with Crippen LogP contribution in [0.3, 0.4) is 0 Å². The summed E-state index contributed by atoms with van der Waals surface area (Å²) < 4.78 is 10.3. The molecule has 5 unspecified atom stereocenters. The molecule has 1 amide bonds. The second kappa shape index (κ2) is 3.48. The van der Waals surface area contributed by atoms with Crippen molar-refractivity contribution in [1.82, 2.24) is 5.32 Å². The minimum absolute atomic E-state index is 0.0833. The van der Waals surface area contributed by atoms with E-state index in [1.54, 1.807) is 6.92 Å². The molecule has 1 N–H and O–H groups in total. The highest BCUT2D eigenvalue weighted by atomic mass is 16.8. The summed E-state index contributed by atoms with van der Waals surface area (Å²) in [4.78, 5) is 22.6. The Bertz CT molecular complexity index is 405. The molecule has 2 saturated carbocycles. The van der Waals surface area contributed by atoms with Crippen LogP contribution in [0.4, 0.5) is 4.79 Å². The van der Waals surface area contributed by atoms with Crippen LogP contribution in [0.15, 0.2) is 12.2 Å². The maximum absolute atomic E-state index is 11.6. The molecule has 2 aliphatic carbocycles. The number of fused-ring (bicyclic) bond motifs is 5. The first-order valence-corrected chi connectivity index (χ1v) is 5.90. The first kappa shape index (κ1) is 10.6. The molecule has 0 spiro atoms. The molecule has 5 heteroatoms. The predicted molar refractivity (Wildman–Crippen MR) is 58.1 cm³/mol. The van der Waals surface area contributed by atoms with Crippen molar-refractivity contribution in [2.24, 2.45) is 11.8 Å². The molecule has 92 valence electrons. The lowest BCUT2D eigenvalue weighted by Crippen LogP contribution is -2.46. The van der Waals surface area contributed by atoms with E-state index in [-0.39, 0.29) is 30.1 Å². The fourth-order valence-electron chi connectivity index (χ4n) is 3.28. The van der Waals surface area contributed by atoms with Crippen LogP contribution in [-0.2, 0) is 14.3 Å². The van der Waals surface area contributed by atoms with Gasteiger partial charge < -0.3 is 14.8 Å². The Hall–Kier alpha value is -1.52. The van der Waals surface area contributed by atoms with Crippen molar-refractivity contribution in [3.05, 3.63) is 12.2 Å². The van der Waals surface area contributed by atoms with E-state index in [0.29, 0.717) is 11.5 Å². The summed E-state index contributed by atoms with van der Waals surface area (Å²) in [6.45, 7) is 5.30. The van der Waals surface area contributed by atoms with Crippen LogP contribution in [0.5, 0.6) is 0 Å². The molecular weight excluding hydrogens is 222 g/mol. The van der Waals surface area contributed by atoms with Crippen molar-refractivity contribution in [3.8, 4) is 0 Å². The lowest BCUT2D eigenvalue weighted by molar-refractivity contribution is -0.118. The van der Waals surface area contributed by atoms with Gasteiger partial charge >= 0.3 is 6.16 Å². The zero-order chi connectivity index (χ0) is 12.2. The van der Waals surface area contributed by atoms with Gasteiger partial charge in [-0.1, -0.05) is 6.58 Å². The van der Waals surface area contributed by atoms with Crippen LogP contribution >= 0.6 is 0 Å².